The summed E-state index contributed by atoms with van der Waals surface area (Å²) in [6, 6.07) is 8.24. The summed E-state index contributed by atoms with van der Waals surface area (Å²) in [5.41, 5.74) is -0.525. The van der Waals surface area contributed by atoms with Crippen LogP contribution in [0.15, 0.2) is 30.3 Å². The summed E-state index contributed by atoms with van der Waals surface area (Å²) in [4.78, 5) is 36.4. The van der Waals surface area contributed by atoms with Crippen molar-refractivity contribution >= 4 is 18.0 Å². The number of methoxy groups -OCH3 is 1. The zero-order valence-electron chi connectivity index (χ0n) is 16.7. The number of hydrogen-bond acceptors (Lipinski definition) is 7. The molecule has 0 spiro atoms. The van der Waals surface area contributed by atoms with Gasteiger partial charge in [-0.15, -0.1) is 0 Å². The first-order chi connectivity index (χ1) is 13.1. The molecule has 1 aliphatic rings. The molecule has 0 aliphatic heterocycles. The van der Waals surface area contributed by atoms with Gasteiger partial charge in [-0.2, -0.15) is 0 Å². The molecule has 1 atom stereocenters. The first kappa shape index (κ1) is 21.7. The van der Waals surface area contributed by atoms with Gasteiger partial charge >= 0.3 is 18.0 Å². The molecular formula is C20H28N2O6. The molecule has 1 fully saturated rings. The van der Waals surface area contributed by atoms with Gasteiger partial charge in [0.1, 0.15) is 18.2 Å². The summed E-state index contributed by atoms with van der Waals surface area (Å²) in [7, 11) is 1.25. The Labute approximate surface area is 164 Å². The number of carbonyl (C=O) groups is 3. The molecule has 0 aromatic heterocycles. The summed E-state index contributed by atoms with van der Waals surface area (Å²) < 4.78 is 15.3. The molecule has 1 aromatic rings. The van der Waals surface area contributed by atoms with E-state index in [2.05, 4.69) is 10.6 Å². The monoisotopic (exact) mass is 392 g/mol. The number of rotatable bonds is 8. The predicted molar refractivity (Wildman–Crippen MR) is 101 cm³/mol. The normalized spacial score (nSPS) is 15.9. The maximum absolute atomic E-state index is 12.2. The minimum absolute atomic E-state index is 0.0779. The van der Waals surface area contributed by atoms with Gasteiger partial charge in [-0.05, 0) is 39.2 Å². The Balaban J connectivity index is 1.93. The number of carbonyl (C=O) groups excluding carboxylic acids is 3. The molecule has 8 nitrogen and oxygen atoms in total. The van der Waals surface area contributed by atoms with Crippen molar-refractivity contribution in [1.82, 2.24) is 10.6 Å². The van der Waals surface area contributed by atoms with E-state index < -0.39 is 35.2 Å². The molecule has 1 saturated carbocycles. The van der Waals surface area contributed by atoms with Gasteiger partial charge < -0.3 is 19.5 Å². The Bertz CT molecular complexity index is 694. The number of esters is 2. The number of nitrogens with one attached hydrogen (secondary N) is 2. The van der Waals surface area contributed by atoms with Crippen LogP contribution in [0.5, 0.6) is 0 Å². The van der Waals surface area contributed by atoms with Gasteiger partial charge in [-0.25, -0.2) is 9.59 Å². The Morgan fingerprint density at radius 1 is 1.14 bits per heavy atom. The van der Waals surface area contributed by atoms with Crippen molar-refractivity contribution in [3.63, 3.8) is 0 Å². The zero-order valence-corrected chi connectivity index (χ0v) is 16.7. The van der Waals surface area contributed by atoms with E-state index in [4.69, 9.17) is 14.2 Å². The van der Waals surface area contributed by atoms with Crippen LogP contribution in [0.1, 0.15) is 39.2 Å². The molecule has 1 aromatic carbocycles. The van der Waals surface area contributed by atoms with Crippen molar-refractivity contribution in [2.75, 3.05) is 13.7 Å². The molecule has 154 valence electrons. The standard InChI is InChI=1S/C20H28N2O6/c1-19(2,3)28-15(23)12-21-20(10-11-20)16(17(24)26-4)22-18(25)27-13-14-8-6-5-7-9-14/h5-9,16,21H,10-13H2,1-4H3,(H,22,25). The smallest absolute Gasteiger partial charge is 0.408 e. The number of benzene rings is 1. The second-order valence-corrected chi connectivity index (χ2v) is 7.76. The fraction of sp³-hybridized carbons (Fsp3) is 0.550. The lowest BCUT2D eigenvalue weighted by Crippen LogP contribution is -2.57. The number of hydrogen-bond donors (Lipinski definition) is 2. The third-order valence-electron chi connectivity index (χ3n) is 4.26. The zero-order chi connectivity index (χ0) is 20.8. The van der Waals surface area contributed by atoms with Crippen LogP contribution in [0.3, 0.4) is 0 Å². The topological polar surface area (TPSA) is 103 Å². The molecule has 2 N–H and O–H groups in total. The SMILES string of the molecule is COC(=O)C(NC(=O)OCc1ccccc1)C1(NCC(=O)OC(C)(C)C)CC1. The highest BCUT2D eigenvalue weighted by Crippen LogP contribution is 2.39. The number of alkyl carbamates (subject to hydrolysis) is 1. The Morgan fingerprint density at radius 3 is 2.32 bits per heavy atom. The van der Waals surface area contributed by atoms with Crippen LogP contribution in [0.25, 0.3) is 0 Å². The quantitative estimate of drug-likeness (QED) is 0.515. The third kappa shape index (κ3) is 6.53. The minimum Gasteiger partial charge on any atom is -0.467 e. The highest BCUT2D eigenvalue weighted by molar-refractivity contribution is 5.84. The molecule has 0 saturated heterocycles. The first-order valence-corrected chi connectivity index (χ1v) is 9.17. The second-order valence-electron chi connectivity index (χ2n) is 7.76. The van der Waals surface area contributed by atoms with E-state index in [1.807, 2.05) is 30.3 Å². The summed E-state index contributed by atoms with van der Waals surface area (Å²) in [6.07, 6.45) is 0.480. The van der Waals surface area contributed by atoms with Crippen LogP contribution in [-0.2, 0) is 30.4 Å². The summed E-state index contributed by atoms with van der Waals surface area (Å²) in [5.74, 6) is -1.04. The first-order valence-electron chi connectivity index (χ1n) is 9.17. The largest absolute Gasteiger partial charge is 0.467 e. The second kappa shape index (κ2) is 9.05. The molecule has 2 rings (SSSR count). The van der Waals surface area contributed by atoms with Crippen LogP contribution < -0.4 is 10.6 Å². The number of amides is 1. The average Bonchev–Trinajstić information content (AvgIpc) is 3.42. The summed E-state index contributed by atoms with van der Waals surface area (Å²) in [5, 5.41) is 5.60. The lowest BCUT2D eigenvalue weighted by Gasteiger charge is -2.27. The lowest BCUT2D eigenvalue weighted by atomic mass is 10.1. The Morgan fingerprint density at radius 2 is 1.79 bits per heavy atom. The van der Waals surface area contributed by atoms with E-state index >= 15 is 0 Å². The van der Waals surface area contributed by atoms with Crippen molar-refractivity contribution in [2.45, 2.75) is 57.4 Å². The maximum atomic E-state index is 12.2. The van der Waals surface area contributed by atoms with Gasteiger partial charge in [0.05, 0.1) is 19.2 Å². The van der Waals surface area contributed by atoms with Crippen molar-refractivity contribution < 1.29 is 28.6 Å². The molecule has 1 amide bonds. The Hall–Kier alpha value is -2.61. The summed E-state index contributed by atoms with van der Waals surface area (Å²) >= 11 is 0. The van der Waals surface area contributed by atoms with Crippen molar-refractivity contribution in [2.24, 2.45) is 0 Å². The predicted octanol–water partition coefficient (Wildman–Crippen LogP) is 1.92. The van der Waals surface area contributed by atoms with E-state index in [0.29, 0.717) is 12.8 Å². The maximum Gasteiger partial charge on any atom is 0.408 e. The lowest BCUT2D eigenvalue weighted by molar-refractivity contribution is -0.154. The van der Waals surface area contributed by atoms with E-state index in [0.717, 1.165) is 5.56 Å². The van der Waals surface area contributed by atoms with Crippen LogP contribution >= 0.6 is 0 Å². The summed E-state index contributed by atoms with van der Waals surface area (Å²) in [6.45, 7) is 5.34. The van der Waals surface area contributed by atoms with E-state index in [1.54, 1.807) is 20.8 Å². The minimum atomic E-state index is -0.969. The van der Waals surface area contributed by atoms with E-state index in [-0.39, 0.29) is 13.2 Å². The Kier molecular flexibility index (Phi) is 7.01. The molecule has 0 radical (unpaired) electrons. The average molecular weight is 392 g/mol. The van der Waals surface area contributed by atoms with Gasteiger partial charge in [-0.3, -0.25) is 10.1 Å². The van der Waals surface area contributed by atoms with Gasteiger partial charge in [0.15, 0.2) is 0 Å². The molecular weight excluding hydrogens is 364 g/mol. The van der Waals surface area contributed by atoms with Crippen LogP contribution in [0.4, 0.5) is 4.79 Å². The fourth-order valence-corrected chi connectivity index (χ4v) is 2.75. The van der Waals surface area contributed by atoms with Crippen molar-refractivity contribution in [3.05, 3.63) is 35.9 Å². The van der Waals surface area contributed by atoms with Crippen molar-refractivity contribution in [1.29, 1.82) is 0 Å². The van der Waals surface area contributed by atoms with Gasteiger partial charge in [0.2, 0.25) is 0 Å². The highest BCUT2D eigenvalue weighted by atomic mass is 16.6. The fourth-order valence-electron chi connectivity index (χ4n) is 2.75. The van der Waals surface area contributed by atoms with E-state index in [1.165, 1.54) is 7.11 Å². The number of ether oxygens (including phenoxy) is 3. The van der Waals surface area contributed by atoms with Crippen LogP contribution in [0, 0.1) is 0 Å². The molecule has 1 aliphatic carbocycles. The van der Waals surface area contributed by atoms with Gasteiger partial charge in [0, 0.05) is 0 Å². The van der Waals surface area contributed by atoms with Crippen molar-refractivity contribution in [3.8, 4) is 0 Å². The molecule has 0 bridgehead atoms. The van der Waals surface area contributed by atoms with Gasteiger partial charge in [0.25, 0.3) is 0 Å². The highest BCUT2D eigenvalue weighted by Gasteiger charge is 2.54. The molecule has 28 heavy (non-hydrogen) atoms. The van der Waals surface area contributed by atoms with E-state index in [9.17, 15) is 14.4 Å². The molecule has 8 heteroatoms. The van der Waals surface area contributed by atoms with Crippen LogP contribution in [-0.4, -0.2) is 48.9 Å². The third-order valence-corrected chi connectivity index (χ3v) is 4.26. The molecule has 0 heterocycles. The van der Waals surface area contributed by atoms with Crippen LogP contribution in [0.2, 0.25) is 0 Å². The molecule has 1 unspecified atom stereocenters. The van der Waals surface area contributed by atoms with Gasteiger partial charge in [-0.1, -0.05) is 30.3 Å².